The molecule has 1 aromatic heterocycles. The van der Waals surface area contributed by atoms with Crippen molar-refractivity contribution < 1.29 is 9.72 Å². The van der Waals surface area contributed by atoms with Crippen molar-refractivity contribution >= 4 is 39.0 Å². The molecule has 8 nitrogen and oxygen atoms in total. The molecule has 21 heavy (non-hydrogen) atoms. The van der Waals surface area contributed by atoms with Gasteiger partial charge in [-0.05, 0) is 41.1 Å². The number of aromatic nitrogens is 2. The highest BCUT2D eigenvalue weighted by Gasteiger charge is 2.17. The standard InChI is InChI=1S/C12H10BrN5O3/c1-6-4-7(13)9(5-10(6)18(20)21)15-12(19)8-2-3-11(14)17-16-8/h2-5H,1H3,(H2,14,17)(H,15,19). The van der Waals surface area contributed by atoms with E-state index in [4.69, 9.17) is 5.73 Å². The van der Waals surface area contributed by atoms with Gasteiger partial charge in [0.05, 0.1) is 10.6 Å². The highest BCUT2D eigenvalue weighted by atomic mass is 79.9. The third kappa shape index (κ3) is 3.31. The van der Waals surface area contributed by atoms with Crippen LogP contribution in [0.15, 0.2) is 28.7 Å². The largest absolute Gasteiger partial charge is 0.382 e. The lowest BCUT2D eigenvalue weighted by molar-refractivity contribution is -0.385. The van der Waals surface area contributed by atoms with Crippen LogP contribution in [-0.2, 0) is 0 Å². The van der Waals surface area contributed by atoms with Crippen LogP contribution in [0.25, 0.3) is 0 Å². The second kappa shape index (κ2) is 5.83. The van der Waals surface area contributed by atoms with E-state index in [1.54, 1.807) is 13.0 Å². The molecule has 1 aromatic carbocycles. The smallest absolute Gasteiger partial charge is 0.276 e. The first-order valence-electron chi connectivity index (χ1n) is 5.73. The number of amides is 1. The van der Waals surface area contributed by atoms with E-state index >= 15 is 0 Å². The molecule has 0 atom stereocenters. The van der Waals surface area contributed by atoms with Crippen LogP contribution < -0.4 is 11.1 Å². The van der Waals surface area contributed by atoms with E-state index in [2.05, 4.69) is 31.4 Å². The summed E-state index contributed by atoms with van der Waals surface area (Å²) in [6.45, 7) is 1.61. The summed E-state index contributed by atoms with van der Waals surface area (Å²) in [6, 6.07) is 5.69. The number of nitro groups is 1. The van der Waals surface area contributed by atoms with Gasteiger partial charge >= 0.3 is 0 Å². The summed E-state index contributed by atoms with van der Waals surface area (Å²) in [6.07, 6.45) is 0. The molecule has 2 aromatic rings. The molecule has 0 aliphatic heterocycles. The molecule has 3 N–H and O–H groups in total. The summed E-state index contributed by atoms with van der Waals surface area (Å²) in [5, 5.41) is 20.7. The van der Waals surface area contributed by atoms with Gasteiger partial charge in [0.15, 0.2) is 5.69 Å². The lowest BCUT2D eigenvalue weighted by Crippen LogP contribution is -2.15. The van der Waals surface area contributed by atoms with Crippen LogP contribution in [0.3, 0.4) is 0 Å². The lowest BCUT2D eigenvalue weighted by atomic mass is 10.2. The number of hydrogen-bond acceptors (Lipinski definition) is 6. The first-order chi connectivity index (χ1) is 9.88. The second-order valence-corrected chi connectivity index (χ2v) is 5.03. The summed E-state index contributed by atoms with van der Waals surface area (Å²) >= 11 is 3.25. The zero-order chi connectivity index (χ0) is 15.6. The molecule has 1 heterocycles. The number of nitro benzene ring substituents is 1. The highest BCUT2D eigenvalue weighted by molar-refractivity contribution is 9.10. The van der Waals surface area contributed by atoms with E-state index in [9.17, 15) is 14.9 Å². The predicted molar refractivity (Wildman–Crippen MR) is 79.9 cm³/mol. The molecular weight excluding hydrogens is 342 g/mol. The maximum atomic E-state index is 12.0. The Morgan fingerprint density at radius 3 is 2.67 bits per heavy atom. The van der Waals surface area contributed by atoms with Gasteiger partial charge in [-0.2, -0.15) is 0 Å². The maximum absolute atomic E-state index is 12.0. The Labute approximate surface area is 127 Å². The number of aryl methyl sites for hydroxylation is 1. The molecular formula is C12H10BrN5O3. The Morgan fingerprint density at radius 1 is 1.38 bits per heavy atom. The summed E-state index contributed by atoms with van der Waals surface area (Å²) in [5.41, 5.74) is 6.11. The zero-order valence-corrected chi connectivity index (χ0v) is 12.4. The van der Waals surface area contributed by atoms with Crippen LogP contribution in [0.4, 0.5) is 17.2 Å². The predicted octanol–water partition coefficient (Wildman–Crippen LogP) is 2.29. The minimum Gasteiger partial charge on any atom is -0.382 e. The Kier molecular flexibility index (Phi) is 4.13. The number of nitrogens with one attached hydrogen (secondary N) is 1. The molecule has 0 unspecified atom stereocenters. The van der Waals surface area contributed by atoms with Crippen LogP contribution in [-0.4, -0.2) is 21.0 Å². The number of carbonyl (C=O) groups excluding carboxylic acids is 1. The molecule has 9 heteroatoms. The first kappa shape index (κ1) is 14.9. The number of hydrogen-bond donors (Lipinski definition) is 2. The van der Waals surface area contributed by atoms with Gasteiger partial charge < -0.3 is 11.1 Å². The van der Waals surface area contributed by atoms with Crippen molar-refractivity contribution in [3.8, 4) is 0 Å². The van der Waals surface area contributed by atoms with Gasteiger partial charge in [0.1, 0.15) is 5.82 Å². The Hall–Kier alpha value is -2.55. The van der Waals surface area contributed by atoms with E-state index in [1.165, 1.54) is 18.2 Å². The number of anilines is 2. The fraction of sp³-hybridized carbons (Fsp3) is 0.0833. The number of rotatable bonds is 3. The third-order valence-electron chi connectivity index (χ3n) is 2.65. The average molecular weight is 352 g/mol. The SMILES string of the molecule is Cc1cc(Br)c(NC(=O)c2ccc(N)nn2)cc1[N+](=O)[O-]. The second-order valence-electron chi connectivity index (χ2n) is 4.17. The summed E-state index contributed by atoms with van der Waals surface area (Å²) in [5.74, 6) is -0.347. The minimum absolute atomic E-state index is 0.0549. The number of benzene rings is 1. The van der Waals surface area contributed by atoms with Crippen molar-refractivity contribution in [2.75, 3.05) is 11.1 Å². The molecule has 0 spiro atoms. The zero-order valence-electron chi connectivity index (χ0n) is 10.8. The maximum Gasteiger partial charge on any atom is 0.276 e. The molecule has 0 fully saturated rings. The summed E-state index contributed by atoms with van der Waals surface area (Å²) < 4.78 is 0.530. The molecule has 0 aliphatic carbocycles. The lowest BCUT2D eigenvalue weighted by Gasteiger charge is -2.08. The minimum atomic E-state index is -0.540. The van der Waals surface area contributed by atoms with Crippen LogP contribution >= 0.6 is 15.9 Å². The molecule has 0 saturated heterocycles. The van der Waals surface area contributed by atoms with Gasteiger partial charge in [0.2, 0.25) is 0 Å². The van der Waals surface area contributed by atoms with E-state index < -0.39 is 10.8 Å². The molecule has 2 rings (SSSR count). The van der Waals surface area contributed by atoms with Crippen LogP contribution in [0.1, 0.15) is 16.1 Å². The van der Waals surface area contributed by atoms with E-state index in [-0.39, 0.29) is 22.9 Å². The van der Waals surface area contributed by atoms with Crippen molar-refractivity contribution in [2.24, 2.45) is 0 Å². The first-order valence-corrected chi connectivity index (χ1v) is 6.53. The van der Waals surface area contributed by atoms with Gasteiger partial charge in [-0.1, -0.05) is 0 Å². The average Bonchev–Trinajstić information content (AvgIpc) is 2.42. The van der Waals surface area contributed by atoms with Crippen LogP contribution in [0, 0.1) is 17.0 Å². The molecule has 0 saturated carbocycles. The highest BCUT2D eigenvalue weighted by Crippen LogP contribution is 2.30. The number of carbonyl (C=O) groups is 1. The van der Waals surface area contributed by atoms with Gasteiger partial charge in [-0.15, -0.1) is 10.2 Å². The molecule has 0 aliphatic rings. The molecule has 0 radical (unpaired) electrons. The van der Waals surface area contributed by atoms with Gasteiger partial charge in [0.25, 0.3) is 11.6 Å². The number of nitrogens with zero attached hydrogens (tertiary/aromatic N) is 3. The molecule has 108 valence electrons. The molecule has 1 amide bonds. The van der Waals surface area contributed by atoms with Gasteiger partial charge in [0, 0.05) is 16.1 Å². The Balaban J connectivity index is 2.30. The van der Waals surface area contributed by atoms with Crippen molar-refractivity contribution in [3.63, 3.8) is 0 Å². The van der Waals surface area contributed by atoms with E-state index in [0.29, 0.717) is 10.0 Å². The van der Waals surface area contributed by atoms with Crippen molar-refractivity contribution in [1.29, 1.82) is 0 Å². The summed E-state index contributed by atoms with van der Waals surface area (Å²) in [7, 11) is 0. The number of nitrogen functional groups attached to an aromatic ring is 1. The van der Waals surface area contributed by atoms with E-state index in [0.717, 1.165) is 0 Å². The van der Waals surface area contributed by atoms with Crippen molar-refractivity contribution in [3.05, 3.63) is 50.1 Å². The third-order valence-corrected chi connectivity index (χ3v) is 3.30. The number of nitrogens with two attached hydrogens (primary N) is 1. The summed E-state index contributed by atoms with van der Waals surface area (Å²) in [4.78, 5) is 22.4. The van der Waals surface area contributed by atoms with Crippen LogP contribution in [0.5, 0.6) is 0 Å². The van der Waals surface area contributed by atoms with E-state index in [1.807, 2.05) is 0 Å². The quantitative estimate of drug-likeness (QED) is 0.645. The topological polar surface area (TPSA) is 124 Å². The fourth-order valence-corrected chi connectivity index (χ4v) is 2.16. The van der Waals surface area contributed by atoms with Gasteiger partial charge in [-0.25, -0.2) is 0 Å². The Morgan fingerprint density at radius 2 is 2.10 bits per heavy atom. The molecule has 0 bridgehead atoms. The Bertz CT molecular complexity index is 718. The number of halogens is 1. The van der Waals surface area contributed by atoms with Crippen LogP contribution in [0.2, 0.25) is 0 Å². The monoisotopic (exact) mass is 351 g/mol. The van der Waals surface area contributed by atoms with Gasteiger partial charge in [-0.3, -0.25) is 14.9 Å². The van der Waals surface area contributed by atoms with Crippen molar-refractivity contribution in [2.45, 2.75) is 6.92 Å². The normalized spacial score (nSPS) is 10.2. The fourth-order valence-electron chi connectivity index (χ4n) is 1.60. The van der Waals surface area contributed by atoms with Crippen molar-refractivity contribution in [1.82, 2.24) is 10.2 Å².